The molecule has 4 nitrogen and oxygen atoms in total. The Labute approximate surface area is 101 Å². The fourth-order valence-electron chi connectivity index (χ4n) is 2.47. The van der Waals surface area contributed by atoms with Gasteiger partial charge in [-0.1, -0.05) is 13.0 Å². The van der Waals surface area contributed by atoms with Crippen molar-refractivity contribution in [2.75, 3.05) is 24.6 Å². The number of fused-ring (bicyclic) bond motifs is 3. The number of hydrogen-bond donors (Lipinski definition) is 1. The van der Waals surface area contributed by atoms with Gasteiger partial charge in [0.1, 0.15) is 12.4 Å². The molecule has 1 fully saturated rings. The third kappa shape index (κ3) is 1.69. The van der Waals surface area contributed by atoms with E-state index in [1.54, 1.807) is 0 Å². The number of anilines is 1. The van der Waals surface area contributed by atoms with Gasteiger partial charge in [0.15, 0.2) is 0 Å². The highest BCUT2D eigenvalue weighted by Gasteiger charge is 2.34. The number of hydrogen-bond acceptors (Lipinski definition) is 3. The van der Waals surface area contributed by atoms with Gasteiger partial charge in [-0.3, -0.25) is 4.79 Å². The molecule has 1 unspecified atom stereocenters. The Hall–Kier alpha value is -1.55. The molecule has 0 aromatic heterocycles. The number of amides is 1. The minimum absolute atomic E-state index is 0.135. The number of aryl methyl sites for hydroxylation is 1. The van der Waals surface area contributed by atoms with Gasteiger partial charge in [-0.15, -0.1) is 0 Å². The number of nitrogens with one attached hydrogen (secondary N) is 1. The predicted molar refractivity (Wildman–Crippen MR) is 65.5 cm³/mol. The van der Waals surface area contributed by atoms with E-state index in [2.05, 4.69) is 24.4 Å². The molecule has 0 bridgehead atoms. The third-order valence-corrected chi connectivity index (χ3v) is 3.41. The van der Waals surface area contributed by atoms with E-state index in [0.29, 0.717) is 13.2 Å². The zero-order valence-corrected chi connectivity index (χ0v) is 9.90. The van der Waals surface area contributed by atoms with E-state index in [0.717, 1.165) is 24.4 Å². The van der Waals surface area contributed by atoms with Crippen LogP contribution < -0.4 is 15.0 Å². The van der Waals surface area contributed by atoms with Gasteiger partial charge in [-0.2, -0.15) is 0 Å². The molecule has 1 N–H and O–H groups in total. The predicted octanol–water partition coefficient (Wildman–Crippen LogP) is 0.946. The molecule has 1 aromatic rings. The van der Waals surface area contributed by atoms with Crippen molar-refractivity contribution in [1.82, 2.24) is 5.32 Å². The van der Waals surface area contributed by atoms with Gasteiger partial charge in [0.25, 0.3) is 0 Å². The number of piperazine rings is 1. The maximum absolute atomic E-state index is 12.0. The van der Waals surface area contributed by atoms with Crippen LogP contribution in [0.25, 0.3) is 0 Å². The summed E-state index contributed by atoms with van der Waals surface area (Å²) in [6.07, 6.45) is 0.970. The lowest BCUT2D eigenvalue weighted by atomic mass is 10.1. The molecule has 1 atom stereocenters. The Balaban J connectivity index is 2.05. The first kappa shape index (κ1) is 10.6. The van der Waals surface area contributed by atoms with Crippen molar-refractivity contribution in [3.05, 3.63) is 23.8 Å². The van der Waals surface area contributed by atoms with E-state index >= 15 is 0 Å². The molecule has 1 aromatic carbocycles. The lowest BCUT2D eigenvalue weighted by Crippen LogP contribution is -2.59. The normalized spacial score (nSPS) is 22.8. The van der Waals surface area contributed by atoms with Crippen LogP contribution in [0.4, 0.5) is 5.69 Å². The molecule has 0 saturated carbocycles. The van der Waals surface area contributed by atoms with Gasteiger partial charge in [0, 0.05) is 6.54 Å². The van der Waals surface area contributed by atoms with Crippen molar-refractivity contribution in [3.63, 3.8) is 0 Å². The summed E-state index contributed by atoms with van der Waals surface area (Å²) in [6, 6.07) is 6.24. The van der Waals surface area contributed by atoms with E-state index in [9.17, 15) is 4.79 Å². The number of ether oxygens (including phenoxy) is 1. The van der Waals surface area contributed by atoms with Crippen LogP contribution in [0, 0.1) is 0 Å². The van der Waals surface area contributed by atoms with Crippen molar-refractivity contribution in [2.45, 2.75) is 19.4 Å². The fraction of sp³-hybridized carbons (Fsp3) is 0.462. The van der Waals surface area contributed by atoms with E-state index in [1.165, 1.54) is 5.56 Å². The summed E-state index contributed by atoms with van der Waals surface area (Å²) >= 11 is 0. The quantitative estimate of drug-likeness (QED) is 0.783. The van der Waals surface area contributed by atoms with Crippen molar-refractivity contribution < 1.29 is 9.53 Å². The SMILES string of the molecule is CCc1ccc2c(c1)N1C(=O)CNCC1CO2. The van der Waals surface area contributed by atoms with E-state index in [4.69, 9.17) is 4.74 Å². The largest absolute Gasteiger partial charge is 0.489 e. The van der Waals surface area contributed by atoms with Crippen molar-refractivity contribution in [3.8, 4) is 5.75 Å². The molecule has 17 heavy (non-hydrogen) atoms. The second-order valence-electron chi connectivity index (χ2n) is 4.52. The summed E-state index contributed by atoms with van der Waals surface area (Å²) in [6.45, 7) is 3.92. The monoisotopic (exact) mass is 232 g/mol. The van der Waals surface area contributed by atoms with Crippen LogP contribution in [0.2, 0.25) is 0 Å². The van der Waals surface area contributed by atoms with Crippen molar-refractivity contribution in [2.24, 2.45) is 0 Å². The van der Waals surface area contributed by atoms with Gasteiger partial charge < -0.3 is 15.0 Å². The van der Waals surface area contributed by atoms with E-state index < -0.39 is 0 Å². The van der Waals surface area contributed by atoms with Crippen LogP contribution in [-0.4, -0.2) is 31.6 Å². The number of carbonyl (C=O) groups excluding carboxylic acids is 1. The smallest absolute Gasteiger partial charge is 0.241 e. The molecule has 2 heterocycles. The Morgan fingerprint density at radius 1 is 1.53 bits per heavy atom. The number of nitrogens with zero attached hydrogens (tertiary/aromatic N) is 1. The molecule has 0 spiro atoms. The molecular weight excluding hydrogens is 216 g/mol. The van der Waals surface area contributed by atoms with Gasteiger partial charge in [-0.05, 0) is 24.1 Å². The van der Waals surface area contributed by atoms with Crippen LogP contribution in [0.1, 0.15) is 12.5 Å². The summed E-state index contributed by atoms with van der Waals surface area (Å²) in [5.41, 5.74) is 2.17. The molecule has 4 heteroatoms. The maximum Gasteiger partial charge on any atom is 0.241 e. The average molecular weight is 232 g/mol. The van der Waals surface area contributed by atoms with Gasteiger partial charge in [0.05, 0.1) is 18.3 Å². The first-order valence-electron chi connectivity index (χ1n) is 6.08. The van der Waals surface area contributed by atoms with Crippen LogP contribution >= 0.6 is 0 Å². The van der Waals surface area contributed by atoms with Crippen molar-refractivity contribution >= 4 is 11.6 Å². The summed E-state index contributed by atoms with van der Waals surface area (Å²) in [7, 11) is 0. The Morgan fingerprint density at radius 3 is 3.24 bits per heavy atom. The maximum atomic E-state index is 12.0. The lowest BCUT2D eigenvalue weighted by Gasteiger charge is -2.40. The standard InChI is InChI=1S/C13H16N2O2/c1-2-9-3-4-12-11(5-9)15-10(8-17-12)6-14-7-13(15)16/h3-5,10,14H,2,6-8H2,1H3. The summed E-state index contributed by atoms with van der Waals surface area (Å²) < 4.78 is 5.71. The zero-order valence-electron chi connectivity index (χ0n) is 9.90. The van der Waals surface area contributed by atoms with E-state index in [-0.39, 0.29) is 11.9 Å². The highest BCUT2D eigenvalue weighted by Crippen LogP contribution is 2.35. The van der Waals surface area contributed by atoms with Gasteiger partial charge >= 0.3 is 0 Å². The highest BCUT2D eigenvalue weighted by atomic mass is 16.5. The van der Waals surface area contributed by atoms with Crippen LogP contribution in [0.3, 0.4) is 0 Å². The highest BCUT2D eigenvalue weighted by molar-refractivity contribution is 5.98. The first-order chi connectivity index (χ1) is 8.29. The summed E-state index contributed by atoms with van der Waals surface area (Å²) in [5.74, 6) is 0.966. The molecule has 90 valence electrons. The molecular formula is C13H16N2O2. The minimum atomic E-state index is 0.135. The van der Waals surface area contributed by atoms with E-state index in [1.807, 2.05) is 11.0 Å². The zero-order chi connectivity index (χ0) is 11.8. The van der Waals surface area contributed by atoms with Gasteiger partial charge in [0.2, 0.25) is 5.91 Å². The van der Waals surface area contributed by atoms with Gasteiger partial charge in [-0.25, -0.2) is 0 Å². The topological polar surface area (TPSA) is 41.6 Å². The number of benzene rings is 1. The molecule has 0 radical (unpaired) electrons. The molecule has 1 amide bonds. The first-order valence-corrected chi connectivity index (χ1v) is 6.08. The lowest BCUT2D eigenvalue weighted by molar-refractivity contribution is -0.119. The Bertz CT molecular complexity index is 459. The molecule has 1 saturated heterocycles. The molecule has 2 aliphatic rings. The van der Waals surface area contributed by atoms with Crippen LogP contribution in [0.5, 0.6) is 5.75 Å². The van der Waals surface area contributed by atoms with Crippen molar-refractivity contribution in [1.29, 1.82) is 0 Å². The molecule has 0 aliphatic carbocycles. The summed E-state index contributed by atoms with van der Waals surface area (Å²) in [5, 5.41) is 3.12. The molecule has 2 aliphatic heterocycles. The van der Waals surface area contributed by atoms with Crippen LogP contribution in [-0.2, 0) is 11.2 Å². The number of rotatable bonds is 1. The Morgan fingerprint density at radius 2 is 2.41 bits per heavy atom. The third-order valence-electron chi connectivity index (χ3n) is 3.41. The minimum Gasteiger partial charge on any atom is -0.489 e. The average Bonchev–Trinajstić information content (AvgIpc) is 2.38. The number of carbonyl (C=O) groups is 1. The fourth-order valence-corrected chi connectivity index (χ4v) is 2.47. The summed E-state index contributed by atoms with van der Waals surface area (Å²) in [4.78, 5) is 13.9. The Kier molecular flexibility index (Phi) is 2.52. The molecule has 3 rings (SSSR count). The second kappa shape index (κ2) is 4.04. The van der Waals surface area contributed by atoms with Crippen LogP contribution in [0.15, 0.2) is 18.2 Å². The second-order valence-corrected chi connectivity index (χ2v) is 4.52.